The molecule has 242 valence electrons. The van der Waals surface area contributed by atoms with Crippen molar-refractivity contribution in [2.75, 3.05) is 36.8 Å². The zero-order chi connectivity index (χ0) is 32.5. The first kappa shape index (κ1) is 30.4. The van der Waals surface area contributed by atoms with Gasteiger partial charge in [0.05, 0.1) is 5.52 Å². The van der Waals surface area contributed by atoms with Crippen LogP contribution >= 0.6 is 0 Å². The second kappa shape index (κ2) is 13.3. The van der Waals surface area contributed by atoms with Gasteiger partial charge in [0.2, 0.25) is 0 Å². The molecule has 2 N–H and O–H groups in total. The molecule has 2 aliphatic rings. The maximum atomic E-state index is 4.87. The second-order valence-electron chi connectivity index (χ2n) is 13.2. The highest BCUT2D eigenvalue weighted by atomic mass is 15.1. The molecule has 0 amide bonds. The largest absolute Gasteiger partial charge is 0.338 e. The van der Waals surface area contributed by atoms with Crippen LogP contribution in [0.4, 0.5) is 23.0 Å². The Kier molecular flexibility index (Phi) is 8.38. The zero-order valence-electron chi connectivity index (χ0n) is 27.7. The highest BCUT2D eigenvalue weighted by Gasteiger charge is 2.17. The number of benzene rings is 2. The summed E-state index contributed by atoms with van der Waals surface area (Å²) in [5.41, 5.74) is 11.5. The molecule has 8 rings (SSSR count). The zero-order valence-corrected chi connectivity index (χ0v) is 27.7. The first-order valence-corrected chi connectivity index (χ1v) is 17.1. The first-order valence-electron chi connectivity index (χ1n) is 17.1. The minimum atomic E-state index is 0.707. The average molecular weight is 636 g/mol. The summed E-state index contributed by atoms with van der Waals surface area (Å²) in [6.07, 6.45) is 12.6. The highest BCUT2D eigenvalue weighted by molar-refractivity contribution is 5.92. The number of aromatic nitrogens is 5. The lowest BCUT2D eigenvalue weighted by Crippen LogP contribution is -2.18. The van der Waals surface area contributed by atoms with Gasteiger partial charge >= 0.3 is 0 Å². The van der Waals surface area contributed by atoms with Crippen LogP contribution in [-0.4, -0.2) is 60.9 Å². The second-order valence-corrected chi connectivity index (χ2v) is 13.2. The van der Waals surface area contributed by atoms with Crippen LogP contribution in [0.25, 0.3) is 33.1 Å². The van der Waals surface area contributed by atoms with Crippen LogP contribution in [0.2, 0.25) is 0 Å². The van der Waals surface area contributed by atoms with Crippen molar-refractivity contribution in [2.45, 2.75) is 52.6 Å². The molecule has 9 nitrogen and oxygen atoms in total. The number of fused-ring (bicyclic) bond motifs is 2. The number of hydrogen-bond acceptors (Lipinski definition) is 9. The quantitative estimate of drug-likeness (QED) is 0.164. The topological polar surface area (TPSA) is 95.0 Å². The van der Waals surface area contributed by atoms with Crippen molar-refractivity contribution in [1.82, 2.24) is 34.7 Å². The van der Waals surface area contributed by atoms with Crippen molar-refractivity contribution in [3.05, 3.63) is 102 Å². The van der Waals surface area contributed by atoms with Crippen LogP contribution in [-0.2, 0) is 13.1 Å². The summed E-state index contributed by atoms with van der Waals surface area (Å²) in [5.74, 6) is 1.47. The van der Waals surface area contributed by atoms with Gasteiger partial charge < -0.3 is 10.6 Å². The van der Waals surface area contributed by atoms with E-state index in [1.54, 1.807) is 6.33 Å². The molecule has 6 heterocycles. The van der Waals surface area contributed by atoms with E-state index in [-0.39, 0.29) is 0 Å². The molecule has 2 fully saturated rings. The monoisotopic (exact) mass is 635 g/mol. The fourth-order valence-electron chi connectivity index (χ4n) is 7.23. The molecule has 9 heteroatoms. The maximum Gasteiger partial charge on any atom is 0.160 e. The summed E-state index contributed by atoms with van der Waals surface area (Å²) < 4.78 is 0. The van der Waals surface area contributed by atoms with Crippen LogP contribution in [0.15, 0.2) is 79.5 Å². The molecule has 0 spiro atoms. The molecule has 6 aromatic rings. The van der Waals surface area contributed by atoms with Gasteiger partial charge in [0.25, 0.3) is 0 Å². The Morgan fingerprint density at radius 3 is 1.79 bits per heavy atom. The Morgan fingerprint density at radius 2 is 1.17 bits per heavy atom. The van der Waals surface area contributed by atoms with Gasteiger partial charge in [-0.15, -0.1) is 0 Å². The van der Waals surface area contributed by atoms with Crippen molar-refractivity contribution in [2.24, 2.45) is 0 Å². The number of likely N-dealkylation sites (tertiary alicyclic amines) is 2. The van der Waals surface area contributed by atoms with Crippen LogP contribution in [0, 0.1) is 13.8 Å². The standard InChI is InChI=1S/C39H41N9/c1-26-31(9-7-11-33(26)45-38-36-30(13-14-40-38)19-28(21-41-36)23-47-15-3-4-16-47)32-10-8-12-34(27(32)2)46-39-37-35(43-25-44-39)20-29(22-42-37)24-48-17-5-6-18-48/h7-14,19-22,25H,3-6,15-18,23-24H2,1-2H3,(H,40,45)(H,43,44,46). The van der Waals surface area contributed by atoms with E-state index in [1.165, 1.54) is 49.9 Å². The predicted octanol–water partition coefficient (Wildman–Crippen LogP) is 7.93. The number of nitrogens with zero attached hydrogens (tertiary/aromatic N) is 7. The molecular weight excluding hydrogens is 594 g/mol. The third kappa shape index (κ3) is 6.19. The Morgan fingerprint density at radius 1 is 0.604 bits per heavy atom. The molecule has 2 aliphatic heterocycles. The van der Waals surface area contributed by atoms with E-state index < -0.39 is 0 Å². The number of anilines is 4. The minimum absolute atomic E-state index is 0.707. The van der Waals surface area contributed by atoms with Gasteiger partial charge in [-0.2, -0.15) is 0 Å². The lowest BCUT2D eigenvalue weighted by atomic mass is 9.94. The van der Waals surface area contributed by atoms with E-state index in [0.717, 1.165) is 87.6 Å². The summed E-state index contributed by atoms with van der Waals surface area (Å²) >= 11 is 0. The van der Waals surface area contributed by atoms with Gasteiger partial charge in [-0.1, -0.05) is 24.3 Å². The lowest BCUT2D eigenvalue weighted by molar-refractivity contribution is 0.331. The Balaban J connectivity index is 1.05. The fourth-order valence-corrected chi connectivity index (χ4v) is 7.23. The molecule has 4 aromatic heterocycles. The molecular formula is C39H41N9. The van der Waals surface area contributed by atoms with Crippen molar-refractivity contribution in [1.29, 1.82) is 0 Å². The van der Waals surface area contributed by atoms with Crippen LogP contribution < -0.4 is 10.6 Å². The number of hydrogen-bond donors (Lipinski definition) is 2. The molecule has 0 radical (unpaired) electrons. The van der Waals surface area contributed by atoms with Gasteiger partial charge in [-0.3, -0.25) is 19.8 Å². The van der Waals surface area contributed by atoms with E-state index in [0.29, 0.717) is 5.82 Å². The summed E-state index contributed by atoms with van der Waals surface area (Å²) in [7, 11) is 0. The average Bonchev–Trinajstić information content (AvgIpc) is 3.82. The van der Waals surface area contributed by atoms with Crippen LogP contribution in [0.5, 0.6) is 0 Å². The third-order valence-corrected chi connectivity index (χ3v) is 9.86. The van der Waals surface area contributed by atoms with E-state index in [9.17, 15) is 0 Å². The first-order chi connectivity index (χ1) is 23.6. The van der Waals surface area contributed by atoms with E-state index in [2.05, 4.69) is 98.8 Å². The number of pyridine rings is 3. The van der Waals surface area contributed by atoms with Gasteiger partial charge in [-0.05, 0) is 129 Å². The summed E-state index contributed by atoms with van der Waals surface area (Å²) in [6.45, 7) is 10.8. The van der Waals surface area contributed by atoms with E-state index >= 15 is 0 Å². The fraction of sp³-hybridized carbons (Fsp3) is 0.308. The molecule has 0 unspecified atom stereocenters. The van der Waals surface area contributed by atoms with Crippen molar-refractivity contribution in [3.63, 3.8) is 0 Å². The Bertz CT molecular complexity index is 1950. The summed E-state index contributed by atoms with van der Waals surface area (Å²) in [4.78, 5) is 28.5. The Labute approximate surface area is 281 Å². The SMILES string of the molecule is Cc1c(Nc2nccc3cc(CN4CCCC4)cnc23)cccc1-c1cccc(Nc2ncnc3cc(CN4CCCC4)cnc23)c1C. The third-order valence-electron chi connectivity index (χ3n) is 9.86. The van der Waals surface area contributed by atoms with Crippen molar-refractivity contribution in [3.8, 4) is 11.1 Å². The van der Waals surface area contributed by atoms with E-state index in [1.807, 2.05) is 18.6 Å². The molecule has 0 saturated carbocycles. The lowest BCUT2D eigenvalue weighted by Gasteiger charge is -2.18. The van der Waals surface area contributed by atoms with Crippen molar-refractivity contribution < 1.29 is 0 Å². The molecule has 0 atom stereocenters. The summed E-state index contributed by atoms with van der Waals surface area (Å²) in [6, 6.07) is 19.2. The molecule has 0 aliphatic carbocycles. The van der Waals surface area contributed by atoms with Gasteiger partial charge in [-0.25, -0.2) is 15.0 Å². The van der Waals surface area contributed by atoms with Crippen LogP contribution in [0.1, 0.15) is 47.9 Å². The number of rotatable bonds is 9. The van der Waals surface area contributed by atoms with Crippen LogP contribution in [0.3, 0.4) is 0 Å². The smallest absolute Gasteiger partial charge is 0.160 e. The molecule has 48 heavy (non-hydrogen) atoms. The van der Waals surface area contributed by atoms with Gasteiger partial charge in [0.15, 0.2) is 11.6 Å². The van der Waals surface area contributed by atoms with Crippen molar-refractivity contribution >= 4 is 44.9 Å². The summed E-state index contributed by atoms with van der Waals surface area (Å²) in [5, 5.41) is 8.29. The van der Waals surface area contributed by atoms with E-state index in [4.69, 9.17) is 15.0 Å². The Hall–Kier alpha value is -4.99. The number of nitrogens with one attached hydrogen (secondary N) is 2. The molecule has 0 bridgehead atoms. The minimum Gasteiger partial charge on any atom is -0.338 e. The highest BCUT2D eigenvalue weighted by Crippen LogP contribution is 2.36. The predicted molar refractivity (Wildman–Crippen MR) is 194 cm³/mol. The molecule has 2 saturated heterocycles. The maximum absolute atomic E-state index is 4.87. The normalized spacial score (nSPS) is 15.5. The molecule has 2 aromatic carbocycles. The van der Waals surface area contributed by atoms with Gasteiger partial charge in [0.1, 0.15) is 17.4 Å². The van der Waals surface area contributed by atoms with Gasteiger partial charge in [0, 0.05) is 48.4 Å².